The van der Waals surface area contributed by atoms with E-state index in [4.69, 9.17) is 9.47 Å². The Morgan fingerprint density at radius 2 is 1.93 bits per heavy atom. The van der Waals surface area contributed by atoms with Gasteiger partial charge in [0.15, 0.2) is 0 Å². The zero-order chi connectivity index (χ0) is 21.1. The first-order valence-corrected chi connectivity index (χ1v) is 10.4. The Morgan fingerprint density at radius 3 is 2.59 bits per heavy atom. The van der Waals surface area contributed by atoms with Gasteiger partial charge in [-0.25, -0.2) is 0 Å². The number of nitrogens with zero attached hydrogens (tertiary/aromatic N) is 1. The van der Waals surface area contributed by atoms with Gasteiger partial charge in [-0.1, -0.05) is 42.1 Å². The van der Waals surface area contributed by atoms with Crippen molar-refractivity contribution in [2.75, 3.05) is 19.0 Å². The van der Waals surface area contributed by atoms with Crippen molar-refractivity contribution in [1.82, 2.24) is 0 Å². The molecule has 0 aliphatic heterocycles. The molecule has 1 amide bonds. The van der Waals surface area contributed by atoms with E-state index in [9.17, 15) is 10.1 Å². The van der Waals surface area contributed by atoms with Crippen LogP contribution in [0.1, 0.15) is 38.2 Å². The Balaban J connectivity index is 2.14. The molecule has 0 aliphatic carbocycles. The standard InChI is InChI=1S/C23H25BrN2O3/c1-3-4-5-6-13-29-22-12-7-19(24)15-17(22)14-18(16-25)23(27)26-20-8-10-21(28-2)11-9-20/h7-12,14-15H,3-6,13H2,1-2H3,(H,26,27)/b18-14-. The number of nitriles is 1. The lowest BCUT2D eigenvalue weighted by molar-refractivity contribution is -0.112. The maximum absolute atomic E-state index is 12.5. The molecule has 2 aromatic carbocycles. The Morgan fingerprint density at radius 1 is 1.17 bits per heavy atom. The van der Waals surface area contributed by atoms with Crippen LogP contribution in [0.25, 0.3) is 6.08 Å². The first kappa shape index (κ1) is 22.5. The molecule has 2 rings (SSSR count). The molecular formula is C23H25BrN2O3. The molecule has 0 aliphatic rings. The fourth-order valence-electron chi connectivity index (χ4n) is 2.65. The van der Waals surface area contributed by atoms with Crippen LogP contribution in [0.15, 0.2) is 52.5 Å². The van der Waals surface area contributed by atoms with E-state index in [1.807, 2.05) is 24.3 Å². The zero-order valence-corrected chi connectivity index (χ0v) is 18.3. The largest absolute Gasteiger partial charge is 0.497 e. The fourth-order valence-corrected chi connectivity index (χ4v) is 3.03. The summed E-state index contributed by atoms with van der Waals surface area (Å²) in [7, 11) is 1.57. The Kier molecular flexibility index (Phi) is 9.26. The highest BCUT2D eigenvalue weighted by Gasteiger charge is 2.12. The molecule has 0 aromatic heterocycles. The summed E-state index contributed by atoms with van der Waals surface area (Å²) < 4.78 is 11.8. The molecule has 2 aromatic rings. The maximum Gasteiger partial charge on any atom is 0.266 e. The fraction of sp³-hybridized carbons (Fsp3) is 0.304. The highest BCUT2D eigenvalue weighted by Crippen LogP contribution is 2.26. The van der Waals surface area contributed by atoms with E-state index in [1.165, 1.54) is 12.8 Å². The number of methoxy groups -OCH3 is 1. The summed E-state index contributed by atoms with van der Waals surface area (Å²) in [5.41, 5.74) is 1.25. The van der Waals surface area contributed by atoms with Crippen LogP contribution in [0.2, 0.25) is 0 Å². The molecule has 0 heterocycles. The lowest BCUT2D eigenvalue weighted by atomic mass is 10.1. The van der Waals surface area contributed by atoms with E-state index in [0.717, 1.165) is 17.3 Å². The molecule has 6 heteroatoms. The quantitative estimate of drug-likeness (QED) is 0.271. The van der Waals surface area contributed by atoms with E-state index in [2.05, 4.69) is 28.2 Å². The molecule has 0 saturated carbocycles. The van der Waals surface area contributed by atoms with Gasteiger partial charge in [0.1, 0.15) is 23.1 Å². The smallest absolute Gasteiger partial charge is 0.266 e. The first-order valence-electron chi connectivity index (χ1n) is 9.57. The van der Waals surface area contributed by atoms with Crippen LogP contribution in [0, 0.1) is 11.3 Å². The van der Waals surface area contributed by atoms with Crippen LogP contribution in [-0.2, 0) is 4.79 Å². The summed E-state index contributed by atoms with van der Waals surface area (Å²) in [5.74, 6) is 0.857. The van der Waals surface area contributed by atoms with Gasteiger partial charge < -0.3 is 14.8 Å². The molecule has 5 nitrogen and oxygen atoms in total. The summed E-state index contributed by atoms with van der Waals surface area (Å²) in [6, 6.07) is 14.4. The minimum absolute atomic E-state index is 0.00486. The normalized spacial score (nSPS) is 10.9. The van der Waals surface area contributed by atoms with Crippen molar-refractivity contribution in [2.24, 2.45) is 0 Å². The topological polar surface area (TPSA) is 71.3 Å². The lowest BCUT2D eigenvalue weighted by Crippen LogP contribution is -2.13. The summed E-state index contributed by atoms with van der Waals surface area (Å²) in [6.07, 6.45) is 5.98. The second-order valence-electron chi connectivity index (χ2n) is 6.44. The Bertz CT molecular complexity index is 886. The minimum Gasteiger partial charge on any atom is -0.497 e. The number of ether oxygens (including phenoxy) is 2. The van der Waals surface area contributed by atoms with Gasteiger partial charge in [0.05, 0.1) is 13.7 Å². The number of rotatable bonds is 10. The van der Waals surface area contributed by atoms with Crippen molar-refractivity contribution in [3.63, 3.8) is 0 Å². The summed E-state index contributed by atoms with van der Waals surface area (Å²) in [4.78, 5) is 12.5. The average Bonchev–Trinajstić information content (AvgIpc) is 2.73. The first-order chi connectivity index (χ1) is 14.1. The molecule has 0 atom stereocenters. The highest BCUT2D eigenvalue weighted by molar-refractivity contribution is 9.10. The van der Waals surface area contributed by atoms with Crippen LogP contribution in [0.3, 0.4) is 0 Å². The van der Waals surface area contributed by atoms with Gasteiger partial charge in [0.25, 0.3) is 5.91 Å². The summed E-state index contributed by atoms with van der Waals surface area (Å²) in [5, 5.41) is 12.2. The number of hydrogen-bond donors (Lipinski definition) is 1. The van der Waals surface area contributed by atoms with Gasteiger partial charge in [0.2, 0.25) is 0 Å². The monoisotopic (exact) mass is 456 g/mol. The number of benzene rings is 2. The summed E-state index contributed by atoms with van der Waals surface area (Å²) in [6.45, 7) is 2.77. The summed E-state index contributed by atoms with van der Waals surface area (Å²) >= 11 is 3.43. The average molecular weight is 457 g/mol. The molecule has 0 bridgehead atoms. The number of anilines is 1. The number of carbonyl (C=O) groups excluding carboxylic acids is 1. The molecule has 0 radical (unpaired) electrons. The number of hydrogen-bond acceptors (Lipinski definition) is 4. The van der Waals surface area contributed by atoms with Gasteiger partial charge in [-0.05, 0) is 55.0 Å². The SMILES string of the molecule is CCCCCCOc1ccc(Br)cc1/C=C(/C#N)C(=O)Nc1ccc(OC)cc1. The van der Waals surface area contributed by atoms with Gasteiger partial charge in [-0.2, -0.15) is 5.26 Å². The number of carbonyl (C=O) groups is 1. The van der Waals surface area contributed by atoms with Crippen molar-refractivity contribution in [3.8, 4) is 17.6 Å². The van der Waals surface area contributed by atoms with Crippen LogP contribution < -0.4 is 14.8 Å². The third-order valence-electron chi connectivity index (χ3n) is 4.24. The van der Waals surface area contributed by atoms with Gasteiger partial charge >= 0.3 is 0 Å². The number of nitrogens with one attached hydrogen (secondary N) is 1. The van der Waals surface area contributed by atoms with E-state index in [0.29, 0.717) is 29.4 Å². The van der Waals surface area contributed by atoms with Crippen molar-refractivity contribution < 1.29 is 14.3 Å². The molecule has 0 unspecified atom stereocenters. The van der Waals surface area contributed by atoms with Gasteiger partial charge in [-0.3, -0.25) is 4.79 Å². The van der Waals surface area contributed by atoms with Crippen LogP contribution >= 0.6 is 15.9 Å². The minimum atomic E-state index is -0.480. The molecule has 29 heavy (non-hydrogen) atoms. The number of halogens is 1. The second-order valence-corrected chi connectivity index (χ2v) is 7.36. The van der Waals surface area contributed by atoms with E-state index >= 15 is 0 Å². The predicted molar refractivity (Wildman–Crippen MR) is 119 cm³/mol. The van der Waals surface area contributed by atoms with Crippen LogP contribution in [0.5, 0.6) is 11.5 Å². The Hall–Kier alpha value is -2.78. The van der Waals surface area contributed by atoms with E-state index in [-0.39, 0.29) is 5.57 Å². The van der Waals surface area contributed by atoms with Gasteiger partial charge in [0, 0.05) is 15.7 Å². The van der Waals surface area contributed by atoms with E-state index in [1.54, 1.807) is 37.5 Å². The molecule has 0 saturated heterocycles. The zero-order valence-electron chi connectivity index (χ0n) is 16.7. The van der Waals surface area contributed by atoms with Crippen molar-refractivity contribution in [2.45, 2.75) is 32.6 Å². The van der Waals surface area contributed by atoms with Crippen molar-refractivity contribution >= 4 is 33.6 Å². The van der Waals surface area contributed by atoms with Crippen LogP contribution in [-0.4, -0.2) is 19.6 Å². The highest BCUT2D eigenvalue weighted by atomic mass is 79.9. The van der Waals surface area contributed by atoms with Gasteiger partial charge in [-0.15, -0.1) is 0 Å². The molecule has 0 spiro atoms. The van der Waals surface area contributed by atoms with Crippen LogP contribution in [0.4, 0.5) is 5.69 Å². The second kappa shape index (κ2) is 11.9. The third-order valence-corrected chi connectivity index (χ3v) is 4.73. The molecule has 152 valence electrons. The number of amides is 1. The van der Waals surface area contributed by atoms with Crippen molar-refractivity contribution in [3.05, 3.63) is 58.1 Å². The lowest BCUT2D eigenvalue weighted by Gasteiger charge is -2.11. The maximum atomic E-state index is 12.5. The predicted octanol–water partition coefficient (Wildman–Crippen LogP) is 5.96. The molecule has 1 N–H and O–H groups in total. The van der Waals surface area contributed by atoms with E-state index < -0.39 is 5.91 Å². The third kappa shape index (κ3) is 7.28. The van der Waals surface area contributed by atoms with Crippen molar-refractivity contribution in [1.29, 1.82) is 5.26 Å². The number of unbranched alkanes of at least 4 members (excludes halogenated alkanes) is 3. The Labute approximate surface area is 180 Å². The molecular weight excluding hydrogens is 432 g/mol. The molecule has 0 fully saturated rings.